The molecule has 0 aromatic carbocycles. The van der Waals surface area contributed by atoms with Crippen LogP contribution in [0.4, 0.5) is 0 Å². The van der Waals surface area contributed by atoms with Gasteiger partial charge in [0.2, 0.25) is 0 Å². The fourth-order valence-corrected chi connectivity index (χ4v) is 2.82. The SMILES string of the molecule is CCC[C@@H](O)[C@H](O)[C@@H](O)[C@H](O)C=CCCCC=C[C@@H](O)C1=CC=CCC1. The minimum absolute atomic E-state index is 0.375. The molecular weight excluding hydrogens is 332 g/mol. The maximum absolute atomic E-state index is 10.0. The summed E-state index contributed by atoms with van der Waals surface area (Å²) < 4.78 is 0. The standard InChI is InChI=1S/C21H34O5/c1-2-11-18(23)20(25)21(26)19(24)15-10-5-3-4-9-14-17(22)16-12-7-6-8-13-16/h6-7,9-10,12,14-15,17-26H,2-5,8,11,13H2,1H3/t17-,18-,19-,20+,21+/m1/s1. The number of allylic oxidation sites excluding steroid dienone is 5. The van der Waals surface area contributed by atoms with Crippen LogP contribution in [-0.2, 0) is 0 Å². The van der Waals surface area contributed by atoms with Crippen molar-refractivity contribution in [3.05, 3.63) is 48.1 Å². The monoisotopic (exact) mass is 366 g/mol. The largest absolute Gasteiger partial charge is 0.390 e. The van der Waals surface area contributed by atoms with Gasteiger partial charge in [-0.3, -0.25) is 0 Å². The van der Waals surface area contributed by atoms with Gasteiger partial charge in [0.1, 0.15) is 18.3 Å². The highest BCUT2D eigenvalue weighted by atomic mass is 16.4. The van der Waals surface area contributed by atoms with Crippen LogP contribution in [0.15, 0.2) is 48.1 Å². The maximum atomic E-state index is 10.0. The Hall–Kier alpha value is -1.24. The summed E-state index contributed by atoms with van der Waals surface area (Å²) in [4.78, 5) is 0. The van der Waals surface area contributed by atoms with E-state index in [2.05, 4.69) is 6.08 Å². The Morgan fingerprint density at radius 2 is 1.69 bits per heavy atom. The van der Waals surface area contributed by atoms with Crippen molar-refractivity contribution in [1.29, 1.82) is 0 Å². The number of hydrogen-bond donors (Lipinski definition) is 5. The van der Waals surface area contributed by atoms with Gasteiger partial charge < -0.3 is 25.5 Å². The van der Waals surface area contributed by atoms with Crippen molar-refractivity contribution >= 4 is 0 Å². The predicted molar refractivity (Wildman–Crippen MR) is 104 cm³/mol. The Morgan fingerprint density at radius 3 is 2.31 bits per heavy atom. The Balaban J connectivity index is 2.24. The molecule has 1 rings (SSSR count). The van der Waals surface area contributed by atoms with Gasteiger partial charge in [0.25, 0.3) is 0 Å². The van der Waals surface area contributed by atoms with E-state index in [0.29, 0.717) is 19.3 Å². The zero-order valence-corrected chi connectivity index (χ0v) is 15.6. The third-order valence-electron chi connectivity index (χ3n) is 4.50. The van der Waals surface area contributed by atoms with Crippen LogP contribution in [0.3, 0.4) is 0 Å². The smallest absolute Gasteiger partial charge is 0.112 e. The van der Waals surface area contributed by atoms with Crippen molar-refractivity contribution in [1.82, 2.24) is 0 Å². The molecule has 0 saturated carbocycles. The first kappa shape index (κ1) is 22.8. The lowest BCUT2D eigenvalue weighted by Gasteiger charge is -2.24. The summed E-state index contributed by atoms with van der Waals surface area (Å²) >= 11 is 0. The molecule has 0 aromatic heterocycles. The van der Waals surface area contributed by atoms with Gasteiger partial charge in [-0.05, 0) is 44.1 Å². The second kappa shape index (κ2) is 13.0. The summed E-state index contributed by atoms with van der Waals surface area (Å²) in [5.74, 6) is 0. The molecule has 0 heterocycles. The topological polar surface area (TPSA) is 101 Å². The third kappa shape index (κ3) is 8.43. The van der Waals surface area contributed by atoms with Gasteiger partial charge in [-0.25, -0.2) is 0 Å². The zero-order chi connectivity index (χ0) is 19.4. The molecule has 0 saturated heterocycles. The van der Waals surface area contributed by atoms with Crippen LogP contribution in [0.2, 0.25) is 0 Å². The van der Waals surface area contributed by atoms with Crippen LogP contribution in [0.5, 0.6) is 0 Å². The molecule has 0 aromatic rings. The van der Waals surface area contributed by atoms with Gasteiger partial charge >= 0.3 is 0 Å². The van der Waals surface area contributed by atoms with E-state index < -0.39 is 30.5 Å². The summed E-state index contributed by atoms with van der Waals surface area (Å²) in [5.41, 5.74) is 1.03. The number of unbranched alkanes of at least 4 members (excludes halogenated alkanes) is 2. The first-order chi connectivity index (χ1) is 12.5. The fraction of sp³-hybridized carbons (Fsp3) is 0.619. The van der Waals surface area contributed by atoms with Gasteiger partial charge in [-0.15, -0.1) is 0 Å². The molecule has 0 spiro atoms. The van der Waals surface area contributed by atoms with Gasteiger partial charge in [-0.2, -0.15) is 0 Å². The Bertz CT molecular complexity index is 495. The van der Waals surface area contributed by atoms with Gasteiger partial charge in [-0.1, -0.05) is 55.9 Å². The third-order valence-corrected chi connectivity index (χ3v) is 4.50. The van der Waals surface area contributed by atoms with Gasteiger partial charge in [0.15, 0.2) is 0 Å². The maximum Gasteiger partial charge on any atom is 0.112 e. The molecule has 1 aliphatic rings. The fourth-order valence-electron chi connectivity index (χ4n) is 2.82. The second-order valence-corrected chi connectivity index (χ2v) is 6.77. The van der Waals surface area contributed by atoms with Crippen LogP contribution in [0.1, 0.15) is 51.9 Å². The second-order valence-electron chi connectivity index (χ2n) is 6.77. The van der Waals surface area contributed by atoms with E-state index in [1.807, 2.05) is 25.2 Å². The lowest BCUT2D eigenvalue weighted by molar-refractivity contribution is -0.0948. The van der Waals surface area contributed by atoms with E-state index in [1.54, 1.807) is 12.2 Å². The van der Waals surface area contributed by atoms with E-state index >= 15 is 0 Å². The zero-order valence-electron chi connectivity index (χ0n) is 15.6. The molecule has 0 unspecified atom stereocenters. The van der Waals surface area contributed by atoms with Crippen LogP contribution in [0.25, 0.3) is 0 Å². The number of aliphatic hydroxyl groups is 5. The minimum Gasteiger partial charge on any atom is -0.390 e. The average molecular weight is 366 g/mol. The molecule has 0 radical (unpaired) electrons. The molecule has 5 N–H and O–H groups in total. The lowest BCUT2D eigenvalue weighted by Crippen LogP contribution is -2.43. The molecule has 26 heavy (non-hydrogen) atoms. The van der Waals surface area contributed by atoms with Crippen LogP contribution in [0, 0.1) is 0 Å². The quantitative estimate of drug-likeness (QED) is 0.269. The van der Waals surface area contributed by atoms with Gasteiger partial charge in [0.05, 0.1) is 12.2 Å². The van der Waals surface area contributed by atoms with Gasteiger partial charge in [0, 0.05) is 0 Å². The van der Waals surface area contributed by atoms with Crippen molar-refractivity contribution in [3.63, 3.8) is 0 Å². The number of aliphatic hydroxyl groups excluding tert-OH is 5. The highest BCUT2D eigenvalue weighted by molar-refractivity contribution is 5.24. The Morgan fingerprint density at radius 1 is 1.00 bits per heavy atom. The molecule has 1 aliphatic carbocycles. The molecule has 5 nitrogen and oxygen atoms in total. The molecule has 0 aliphatic heterocycles. The van der Waals surface area contributed by atoms with Crippen molar-refractivity contribution < 1.29 is 25.5 Å². The molecule has 5 heteroatoms. The van der Waals surface area contributed by atoms with Crippen LogP contribution >= 0.6 is 0 Å². The Labute approximate surface area is 156 Å². The van der Waals surface area contributed by atoms with Crippen molar-refractivity contribution in [2.75, 3.05) is 0 Å². The van der Waals surface area contributed by atoms with Crippen molar-refractivity contribution in [2.45, 2.75) is 82.4 Å². The number of rotatable bonds is 12. The highest BCUT2D eigenvalue weighted by Crippen LogP contribution is 2.17. The lowest BCUT2D eigenvalue weighted by atomic mass is 9.99. The van der Waals surface area contributed by atoms with Crippen LogP contribution < -0.4 is 0 Å². The van der Waals surface area contributed by atoms with Crippen molar-refractivity contribution in [2.24, 2.45) is 0 Å². The molecule has 148 valence electrons. The first-order valence-electron chi connectivity index (χ1n) is 9.56. The van der Waals surface area contributed by atoms with E-state index in [1.165, 1.54) is 6.08 Å². The molecule has 5 atom stereocenters. The summed E-state index contributed by atoms with van der Waals surface area (Å²) in [6.45, 7) is 1.87. The molecule has 0 amide bonds. The average Bonchev–Trinajstić information content (AvgIpc) is 2.66. The van der Waals surface area contributed by atoms with E-state index in [-0.39, 0.29) is 0 Å². The molecular formula is C21H34O5. The van der Waals surface area contributed by atoms with Crippen LogP contribution in [-0.4, -0.2) is 56.1 Å². The van der Waals surface area contributed by atoms with Crippen molar-refractivity contribution in [3.8, 4) is 0 Å². The van der Waals surface area contributed by atoms with E-state index in [9.17, 15) is 25.5 Å². The summed E-state index contributed by atoms with van der Waals surface area (Å²) in [7, 11) is 0. The van der Waals surface area contributed by atoms with E-state index in [0.717, 1.165) is 31.3 Å². The summed E-state index contributed by atoms with van der Waals surface area (Å²) in [6.07, 6.45) is 12.7. The summed E-state index contributed by atoms with van der Waals surface area (Å²) in [6, 6.07) is 0. The Kier molecular flexibility index (Phi) is 11.4. The molecule has 0 fully saturated rings. The summed E-state index contributed by atoms with van der Waals surface area (Å²) in [5, 5.41) is 49.2. The minimum atomic E-state index is -1.40. The first-order valence-corrected chi connectivity index (χ1v) is 9.56. The molecule has 0 bridgehead atoms. The highest BCUT2D eigenvalue weighted by Gasteiger charge is 2.28. The van der Waals surface area contributed by atoms with E-state index in [4.69, 9.17) is 0 Å². The number of hydrogen-bond acceptors (Lipinski definition) is 5. The predicted octanol–water partition coefficient (Wildman–Crippen LogP) is 2.15. The normalized spacial score (nSPS) is 20.9.